The van der Waals surface area contributed by atoms with Crippen LogP contribution in [0.15, 0.2) is 41.5 Å². The Hall–Kier alpha value is -3.29. The van der Waals surface area contributed by atoms with Gasteiger partial charge in [0.15, 0.2) is 5.82 Å². The third-order valence-corrected chi connectivity index (χ3v) is 4.32. The average molecular weight is 336 g/mol. The van der Waals surface area contributed by atoms with E-state index in [1.807, 2.05) is 12.1 Å². The average Bonchev–Trinajstić information content (AvgIpc) is 3.03. The number of fused-ring (bicyclic) bond motifs is 1. The number of carbonyl (C=O) groups excluding carboxylic acids is 1. The molecule has 1 N–H and O–H groups in total. The molecule has 0 aliphatic carbocycles. The van der Waals surface area contributed by atoms with Crippen LogP contribution in [-0.2, 0) is 6.42 Å². The molecule has 8 heteroatoms. The number of nitrogens with one attached hydrogen (secondary N) is 1. The summed E-state index contributed by atoms with van der Waals surface area (Å²) in [5.74, 6) is 0.346. The van der Waals surface area contributed by atoms with Crippen LogP contribution in [0.1, 0.15) is 28.2 Å². The molecular weight excluding hydrogens is 320 g/mol. The summed E-state index contributed by atoms with van der Waals surface area (Å²) in [5.41, 5.74) is 2.68. The van der Waals surface area contributed by atoms with Gasteiger partial charge in [-0.1, -0.05) is 0 Å². The largest absolute Gasteiger partial charge is 0.306 e. The van der Waals surface area contributed by atoms with Crippen molar-refractivity contribution < 1.29 is 4.79 Å². The van der Waals surface area contributed by atoms with Gasteiger partial charge >= 0.3 is 0 Å². The molecule has 8 nitrogen and oxygen atoms in total. The number of hydrogen-bond acceptors (Lipinski definition) is 5. The van der Waals surface area contributed by atoms with Crippen LogP contribution in [0.5, 0.6) is 0 Å². The van der Waals surface area contributed by atoms with E-state index in [0.29, 0.717) is 23.6 Å². The molecule has 1 aliphatic heterocycles. The minimum absolute atomic E-state index is 0.109. The van der Waals surface area contributed by atoms with Gasteiger partial charge in [0.05, 0.1) is 28.8 Å². The first-order chi connectivity index (χ1) is 12.1. The molecular formula is C17H16N6O2. The van der Waals surface area contributed by atoms with Crippen molar-refractivity contribution in [1.29, 1.82) is 0 Å². The highest BCUT2D eigenvalue weighted by Crippen LogP contribution is 2.27. The van der Waals surface area contributed by atoms with Gasteiger partial charge in [0.1, 0.15) is 0 Å². The van der Waals surface area contributed by atoms with Crippen LogP contribution in [0.2, 0.25) is 0 Å². The maximum absolute atomic E-state index is 13.0. The number of aromatic nitrogens is 5. The molecule has 4 rings (SSSR count). The first kappa shape index (κ1) is 15.3. The number of hydrogen-bond donors (Lipinski definition) is 1. The fraction of sp³-hybridized carbons (Fsp3) is 0.235. The second-order valence-corrected chi connectivity index (χ2v) is 5.86. The van der Waals surface area contributed by atoms with Gasteiger partial charge in [-0.15, -0.1) is 0 Å². The van der Waals surface area contributed by atoms with E-state index in [0.717, 1.165) is 24.2 Å². The van der Waals surface area contributed by atoms with E-state index in [9.17, 15) is 9.59 Å². The first-order valence-electron chi connectivity index (χ1n) is 8.01. The van der Waals surface area contributed by atoms with Crippen molar-refractivity contribution in [3.8, 4) is 5.82 Å². The van der Waals surface area contributed by atoms with Crippen molar-refractivity contribution >= 4 is 11.6 Å². The molecule has 1 amide bonds. The van der Waals surface area contributed by atoms with Crippen molar-refractivity contribution in [3.05, 3.63) is 64.0 Å². The highest BCUT2D eigenvalue weighted by Gasteiger charge is 2.27. The lowest BCUT2D eigenvalue weighted by Gasteiger charge is -2.28. The zero-order valence-electron chi connectivity index (χ0n) is 13.6. The molecule has 3 aromatic rings. The van der Waals surface area contributed by atoms with Crippen molar-refractivity contribution in [2.45, 2.75) is 19.8 Å². The number of rotatable bonds is 2. The fourth-order valence-electron chi connectivity index (χ4n) is 3.05. The summed E-state index contributed by atoms with van der Waals surface area (Å²) in [4.78, 5) is 30.3. The molecule has 4 heterocycles. The molecule has 0 unspecified atom stereocenters. The van der Waals surface area contributed by atoms with Gasteiger partial charge in [0, 0.05) is 18.8 Å². The number of carbonyl (C=O) groups is 1. The predicted octanol–water partition coefficient (Wildman–Crippen LogP) is 1.25. The smallest absolute Gasteiger partial charge is 0.264 e. The number of aromatic amines is 1. The molecule has 3 aromatic heterocycles. The second kappa shape index (κ2) is 5.97. The van der Waals surface area contributed by atoms with Crippen molar-refractivity contribution in [3.63, 3.8) is 0 Å². The molecule has 126 valence electrons. The Bertz CT molecular complexity index is 986. The van der Waals surface area contributed by atoms with E-state index in [2.05, 4.69) is 20.3 Å². The van der Waals surface area contributed by atoms with Crippen LogP contribution in [0.3, 0.4) is 0 Å². The number of anilines is 1. The van der Waals surface area contributed by atoms with E-state index in [4.69, 9.17) is 0 Å². The number of H-pyrrole nitrogens is 1. The lowest BCUT2D eigenvalue weighted by atomic mass is 10.1. The molecule has 0 radical (unpaired) electrons. The summed E-state index contributed by atoms with van der Waals surface area (Å²) in [6.07, 6.45) is 5.04. The van der Waals surface area contributed by atoms with E-state index < -0.39 is 0 Å². The number of aryl methyl sites for hydroxylation is 1. The quantitative estimate of drug-likeness (QED) is 0.760. The Morgan fingerprint density at radius 1 is 1.28 bits per heavy atom. The SMILES string of the molecule is Cc1c(C(=O)N2CCCc3ncccc32)cnn1-c1ccc(=O)[nH]n1. The third-order valence-electron chi connectivity index (χ3n) is 4.32. The number of pyridine rings is 1. The molecule has 0 atom stereocenters. The first-order valence-corrected chi connectivity index (χ1v) is 8.01. The van der Waals surface area contributed by atoms with Gasteiger partial charge in [0.2, 0.25) is 0 Å². The Morgan fingerprint density at radius 3 is 2.96 bits per heavy atom. The Labute approximate surface area is 143 Å². The zero-order valence-corrected chi connectivity index (χ0v) is 13.6. The van der Waals surface area contributed by atoms with Gasteiger partial charge < -0.3 is 4.90 Å². The summed E-state index contributed by atoms with van der Waals surface area (Å²) >= 11 is 0. The summed E-state index contributed by atoms with van der Waals surface area (Å²) in [6, 6.07) is 6.69. The summed E-state index contributed by atoms with van der Waals surface area (Å²) in [6.45, 7) is 2.46. The van der Waals surface area contributed by atoms with Crippen LogP contribution < -0.4 is 10.5 Å². The third kappa shape index (κ3) is 2.61. The molecule has 25 heavy (non-hydrogen) atoms. The predicted molar refractivity (Wildman–Crippen MR) is 91.0 cm³/mol. The van der Waals surface area contributed by atoms with Gasteiger partial charge in [-0.05, 0) is 38.0 Å². The molecule has 0 fully saturated rings. The zero-order chi connectivity index (χ0) is 17.4. The highest BCUT2D eigenvalue weighted by molar-refractivity contribution is 6.07. The maximum Gasteiger partial charge on any atom is 0.264 e. The molecule has 0 bridgehead atoms. The maximum atomic E-state index is 13.0. The summed E-state index contributed by atoms with van der Waals surface area (Å²) in [5, 5.41) is 10.6. The molecule has 0 spiro atoms. The van der Waals surface area contributed by atoms with Crippen LogP contribution in [0.25, 0.3) is 5.82 Å². The lowest BCUT2D eigenvalue weighted by Crippen LogP contribution is -2.36. The van der Waals surface area contributed by atoms with Crippen LogP contribution in [-0.4, -0.2) is 37.4 Å². The van der Waals surface area contributed by atoms with E-state index in [-0.39, 0.29) is 11.5 Å². The fourth-order valence-corrected chi connectivity index (χ4v) is 3.05. The Morgan fingerprint density at radius 2 is 2.16 bits per heavy atom. The van der Waals surface area contributed by atoms with Crippen molar-refractivity contribution in [2.75, 3.05) is 11.4 Å². The number of amides is 1. The van der Waals surface area contributed by atoms with E-state index in [1.54, 1.807) is 24.1 Å². The Balaban J connectivity index is 1.71. The lowest BCUT2D eigenvalue weighted by molar-refractivity contribution is 0.0984. The molecule has 0 saturated carbocycles. The van der Waals surface area contributed by atoms with Crippen LogP contribution in [0, 0.1) is 6.92 Å². The van der Waals surface area contributed by atoms with Gasteiger partial charge in [-0.25, -0.2) is 9.78 Å². The topological polar surface area (TPSA) is 96.8 Å². The van der Waals surface area contributed by atoms with Crippen molar-refractivity contribution in [1.82, 2.24) is 25.0 Å². The summed E-state index contributed by atoms with van der Waals surface area (Å²) < 4.78 is 1.54. The second-order valence-electron chi connectivity index (χ2n) is 5.86. The Kier molecular flexibility index (Phi) is 3.64. The molecule has 0 saturated heterocycles. The number of nitrogens with zero attached hydrogens (tertiary/aromatic N) is 5. The van der Waals surface area contributed by atoms with Gasteiger partial charge in [0.25, 0.3) is 11.5 Å². The van der Waals surface area contributed by atoms with E-state index in [1.165, 1.54) is 16.9 Å². The minimum Gasteiger partial charge on any atom is -0.306 e. The van der Waals surface area contributed by atoms with Crippen molar-refractivity contribution in [2.24, 2.45) is 0 Å². The van der Waals surface area contributed by atoms with Crippen LogP contribution in [0.4, 0.5) is 5.69 Å². The summed E-state index contributed by atoms with van der Waals surface area (Å²) in [7, 11) is 0. The monoisotopic (exact) mass is 336 g/mol. The van der Waals surface area contributed by atoms with Gasteiger partial charge in [-0.3, -0.25) is 14.6 Å². The standard InChI is InChI=1S/C17H16N6O2/c1-11-12(10-19-23(11)15-6-7-16(24)21-20-15)17(25)22-9-3-4-13-14(22)5-2-8-18-13/h2,5-8,10H,3-4,9H2,1H3,(H,21,24). The minimum atomic E-state index is -0.290. The molecule has 1 aliphatic rings. The molecule has 0 aromatic carbocycles. The van der Waals surface area contributed by atoms with E-state index >= 15 is 0 Å². The van der Waals surface area contributed by atoms with Crippen LogP contribution >= 0.6 is 0 Å². The van der Waals surface area contributed by atoms with Gasteiger partial charge in [-0.2, -0.15) is 10.2 Å². The normalized spacial score (nSPS) is 13.6. The highest BCUT2D eigenvalue weighted by atomic mass is 16.2.